The van der Waals surface area contributed by atoms with Crippen LogP contribution in [-0.4, -0.2) is 18.4 Å². The molecule has 0 amide bonds. The Morgan fingerprint density at radius 3 is 2.29 bits per heavy atom. The largest absolute Gasteiger partial charge is 0.508 e. The average Bonchev–Trinajstić information content (AvgIpc) is 2.63. The number of hydrogen-bond acceptors (Lipinski definition) is 3. The molecule has 2 aromatic rings. The van der Waals surface area contributed by atoms with Gasteiger partial charge < -0.3 is 9.63 Å². The first-order valence-corrected chi connectivity index (χ1v) is 12.0. The normalized spacial score (nSPS) is 14.9. The monoisotopic (exact) mass is 406 g/mol. The summed E-state index contributed by atoms with van der Waals surface area (Å²) >= 11 is 0. The molecule has 1 N–H and O–H groups in total. The minimum atomic E-state index is -3.36. The SMILES string of the molecule is CCCOP(C)(=O)C(F)c1cc(C)c(Cc2ccc(O)c(C(C)C)c2)c(C)c1. The Balaban J connectivity index is 2.32. The fraction of sp³-hybridized carbons (Fsp3) is 0.478. The summed E-state index contributed by atoms with van der Waals surface area (Å²) < 4.78 is 32.8. The molecule has 0 fully saturated rings. The van der Waals surface area contributed by atoms with E-state index in [2.05, 4.69) is 13.8 Å². The fourth-order valence-corrected chi connectivity index (χ4v) is 4.80. The van der Waals surface area contributed by atoms with Crippen LogP contribution in [0.1, 0.15) is 72.4 Å². The van der Waals surface area contributed by atoms with Crippen molar-refractivity contribution < 1.29 is 18.6 Å². The number of phenolic OH excluding ortho intramolecular Hbond substituents is 1. The van der Waals surface area contributed by atoms with Crippen LogP contribution < -0.4 is 0 Å². The van der Waals surface area contributed by atoms with E-state index < -0.39 is 13.3 Å². The van der Waals surface area contributed by atoms with E-state index in [0.29, 0.717) is 30.8 Å². The molecule has 5 heteroatoms. The van der Waals surface area contributed by atoms with E-state index in [0.717, 1.165) is 27.8 Å². The van der Waals surface area contributed by atoms with E-state index in [1.165, 1.54) is 6.66 Å². The lowest BCUT2D eigenvalue weighted by atomic mass is 9.92. The number of rotatable bonds is 8. The Labute approximate surface area is 168 Å². The number of halogens is 1. The van der Waals surface area contributed by atoms with Gasteiger partial charge in [0.05, 0.1) is 6.61 Å². The second-order valence-electron chi connectivity index (χ2n) is 7.94. The Kier molecular flexibility index (Phi) is 7.47. The molecule has 0 saturated carbocycles. The lowest BCUT2D eigenvalue weighted by molar-refractivity contribution is 0.284. The maximum atomic E-state index is 14.9. The molecule has 2 atom stereocenters. The van der Waals surface area contributed by atoms with Gasteiger partial charge in [-0.05, 0) is 72.1 Å². The molecule has 0 radical (unpaired) electrons. The van der Waals surface area contributed by atoms with Crippen molar-refractivity contribution in [1.82, 2.24) is 0 Å². The quantitative estimate of drug-likeness (QED) is 0.479. The average molecular weight is 406 g/mol. The molecule has 0 aliphatic carbocycles. The van der Waals surface area contributed by atoms with Crippen LogP contribution in [0.5, 0.6) is 5.75 Å². The highest BCUT2D eigenvalue weighted by Crippen LogP contribution is 2.58. The molecule has 0 spiro atoms. The van der Waals surface area contributed by atoms with Gasteiger partial charge in [0.2, 0.25) is 13.3 Å². The van der Waals surface area contributed by atoms with Crippen LogP contribution in [0.4, 0.5) is 4.39 Å². The smallest absolute Gasteiger partial charge is 0.237 e. The highest BCUT2D eigenvalue weighted by atomic mass is 31.2. The molecule has 0 saturated heterocycles. The van der Waals surface area contributed by atoms with Gasteiger partial charge in [-0.3, -0.25) is 4.57 Å². The number of aromatic hydroxyl groups is 1. The Bertz CT molecular complexity index is 853. The maximum Gasteiger partial charge on any atom is 0.237 e. The third-order valence-electron chi connectivity index (χ3n) is 5.05. The van der Waals surface area contributed by atoms with Gasteiger partial charge in [-0.1, -0.05) is 45.0 Å². The van der Waals surface area contributed by atoms with Crippen molar-refractivity contribution >= 4 is 7.37 Å². The zero-order valence-electron chi connectivity index (χ0n) is 17.8. The van der Waals surface area contributed by atoms with E-state index in [9.17, 15) is 14.1 Å². The Hall–Kier alpha value is -1.64. The maximum absolute atomic E-state index is 14.9. The summed E-state index contributed by atoms with van der Waals surface area (Å²) in [7, 11) is -3.36. The van der Waals surface area contributed by atoms with Crippen LogP contribution in [-0.2, 0) is 15.5 Å². The van der Waals surface area contributed by atoms with Gasteiger partial charge in [-0.2, -0.15) is 0 Å². The topological polar surface area (TPSA) is 46.5 Å². The van der Waals surface area contributed by atoms with Crippen LogP contribution in [0.15, 0.2) is 30.3 Å². The first-order chi connectivity index (χ1) is 13.1. The first-order valence-electron chi connectivity index (χ1n) is 9.84. The van der Waals surface area contributed by atoms with E-state index in [4.69, 9.17) is 4.52 Å². The zero-order chi connectivity index (χ0) is 21.1. The predicted octanol–water partition coefficient (Wildman–Crippen LogP) is 7.03. The summed E-state index contributed by atoms with van der Waals surface area (Å²) in [5.74, 6) is -1.07. The highest BCUT2D eigenvalue weighted by molar-refractivity contribution is 7.58. The van der Waals surface area contributed by atoms with Crippen molar-refractivity contribution in [2.45, 2.75) is 59.3 Å². The Morgan fingerprint density at radius 2 is 1.75 bits per heavy atom. The summed E-state index contributed by atoms with van der Waals surface area (Å²) in [6.07, 6.45) is 1.40. The summed E-state index contributed by atoms with van der Waals surface area (Å²) in [6, 6.07) is 9.25. The number of benzene rings is 2. The molecule has 0 heterocycles. The molecule has 2 aromatic carbocycles. The highest BCUT2D eigenvalue weighted by Gasteiger charge is 2.31. The molecule has 2 unspecified atom stereocenters. The third kappa shape index (κ3) is 5.24. The van der Waals surface area contributed by atoms with E-state index in [1.807, 2.05) is 32.9 Å². The number of alkyl halides is 1. The molecule has 28 heavy (non-hydrogen) atoms. The summed E-state index contributed by atoms with van der Waals surface area (Å²) in [5, 5.41) is 10.0. The molecule has 0 aliphatic heterocycles. The van der Waals surface area contributed by atoms with Crippen molar-refractivity contribution in [3.8, 4) is 5.75 Å². The second-order valence-corrected chi connectivity index (χ2v) is 10.5. The molecule has 3 nitrogen and oxygen atoms in total. The van der Waals surface area contributed by atoms with Crippen LogP contribution >= 0.6 is 7.37 Å². The third-order valence-corrected chi connectivity index (χ3v) is 6.87. The van der Waals surface area contributed by atoms with Crippen molar-refractivity contribution in [2.75, 3.05) is 13.3 Å². The summed E-state index contributed by atoms with van der Waals surface area (Å²) in [4.78, 5) is 0. The minimum Gasteiger partial charge on any atom is -0.508 e. The first kappa shape index (κ1) is 22.6. The fourth-order valence-electron chi connectivity index (χ4n) is 3.43. The zero-order valence-corrected chi connectivity index (χ0v) is 18.6. The lowest BCUT2D eigenvalue weighted by Crippen LogP contribution is -2.03. The van der Waals surface area contributed by atoms with E-state index in [1.54, 1.807) is 18.2 Å². The van der Waals surface area contributed by atoms with Gasteiger partial charge in [-0.15, -0.1) is 0 Å². The van der Waals surface area contributed by atoms with Crippen molar-refractivity contribution in [2.24, 2.45) is 0 Å². The van der Waals surface area contributed by atoms with Gasteiger partial charge in [-0.25, -0.2) is 4.39 Å². The molecule has 0 aliphatic rings. The predicted molar refractivity (Wildman–Crippen MR) is 115 cm³/mol. The van der Waals surface area contributed by atoms with Gasteiger partial charge in [0, 0.05) is 6.66 Å². The van der Waals surface area contributed by atoms with Crippen molar-refractivity contribution in [3.63, 3.8) is 0 Å². The van der Waals surface area contributed by atoms with Gasteiger partial charge in [0.15, 0.2) is 0 Å². The van der Waals surface area contributed by atoms with Gasteiger partial charge in [0.1, 0.15) is 5.75 Å². The number of phenols is 1. The molecule has 0 bridgehead atoms. The molecule has 0 aromatic heterocycles. The standard InChI is InChI=1S/C23H32FO3P/c1-7-10-27-28(6,26)23(24)19-11-16(4)21(17(5)12-19)14-18-8-9-22(25)20(13-18)15(2)3/h8-9,11-13,15,23,25H,7,10,14H2,1-6H3. The molecule has 154 valence electrons. The number of aryl methyl sites for hydroxylation is 2. The molecular formula is C23H32FO3P. The van der Waals surface area contributed by atoms with Crippen molar-refractivity contribution in [3.05, 3.63) is 63.7 Å². The van der Waals surface area contributed by atoms with Crippen LogP contribution in [0.25, 0.3) is 0 Å². The number of hydrogen-bond donors (Lipinski definition) is 1. The van der Waals surface area contributed by atoms with Crippen LogP contribution in [0, 0.1) is 13.8 Å². The van der Waals surface area contributed by atoms with Crippen LogP contribution in [0.2, 0.25) is 0 Å². The lowest BCUT2D eigenvalue weighted by Gasteiger charge is -2.20. The van der Waals surface area contributed by atoms with Crippen LogP contribution in [0.3, 0.4) is 0 Å². The summed E-state index contributed by atoms with van der Waals surface area (Å²) in [5.41, 5.74) is 5.49. The second kappa shape index (κ2) is 9.24. The van der Waals surface area contributed by atoms with Crippen molar-refractivity contribution in [1.29, 1.82) is 0 Å². The molecular weight excluding hydrogens is 374 g/mol. The summed E-state index contributed by atoms with van der Waals surface area (Å²) in [6.45, 7) is 11.6. The Morgan fingerprint density at radius 1 is 1.14 bits per heavy atom. The van der Waals surface area contributed by atoms with E-state index >= 15 is 0 Å². The molecule has 2 rings (SSSR count). The van der Waals surface area contributed by atoms with Gasteiger partial charge >= 0.3 is 0 Å². The minimum absolute atomic E-state index is 0.235. The van der Waals surface area contributed by atoms with Gasteiger partial charge in [0.25, 0.3) is 0 Å². The van der Waals surface area contributed by atoms with E-state index in [-0.39, 0.29) is 5.92 Å².